The summed E-state index contributed by atoms with van der Waals surface area (Å²) in [5, 5.41) is 1.25. The Kier molecular flexibility index (Phi) is 9.46. The standard InChI is InChI=1S/C24H28F3N3.2ClH/c25-24(26,27)20-8-6-18(7-9-20)16-30-17-22(21-4-1-2-5-23(21)30)19-10-14-29(15-11-19)13-3-12-28;;/h1-2,4-9,17,19H,3,10-16,28H2;2*1H. The van der Waals surface area contributed by atoms with Crippen LogP contribution in [-0.2, 0) is 12.7 Å². The Morgan fingerprint density at radius 2 is 1.59 bits per heavy atom. The van der Waals surface area contributed by atoms with Gasteiger partial charge in [-0.2, -0.15) is 13.2 Å². The monoisotopic (exact) mass is 487 g/mol. The van der Waals surface area contributed by atoms with Crippen LogP contribution in [0.1, 0.15) is 41.9 Å². The Balaban J connectivity index is 0.00000181. The summed E-state index contributed by atoms with van der Waals surface area (Å²) in [6.07, 6.45) is 1.20. The summed E-state index contributed by atoms with van der Waals surface area (Å²) < 4.78 is 40.7. The van der Waals surface area contributed by atoms with Gasteiger partial charge in [0.25, 0.3) is 0 Å². The van der Waals surface area contributed by atoms with E-state index in [1.165, 1.54) is 23.1 Å². The molecule has 1 aliphatic rings. The number of aromatic nitrogens is 1. The molecule has 0 aliphatic carbocycles. The highest BCUT2D eigenvalue weighted by atomic mass is 35.5. The van der Waals surface area contributed by atoms with Crippen molar-refractivity contribution in [2.75, 3.05) is 26.2 Å². The van der Waals surface area contributed by atoms with Gasteiger partial charge in [-0.25, -0.2) is 0 Å². The van der Waals surface area contributed by atoms with Gasteiger partial charge in [0.1, 0.15) is 0 Å². The maximum Gasteiger partial charge on any atom is 0.416 e. The number of piperidine rings is 1. The van der Waals surface area contributed by atoms with Crippen molar-refractivity contribution >= 4 is 35.7 Å². The van der Waals surface area contributed by atoms with Gasteiger partial charge >= 0.3 is 6.18 Å². The first-order valence-electron chi connectivity index (χ1n) is 10.6. The molecule has 8 heteroatoms. The van der Waals surface area contributed by atoms with Gasteiger partial charge in [-0.15, -0.1) is 24.8 Å². The average molecular weight is 488 g/mol. The molecule has 0 amide bonds. The van der Waals surface area contributed by atoms with E-state index in [-0.39, 0.29) is 24.8 Å². The zero-order chi connectivity index (χ0) is 21.1. The maximum atomic E-state index is 12.8. The molecule has 32 heavy (non-hydrogen) atoms. The molecule has 1 saturated heterocycles. The van der Waals surface area contributed by atoms with Gasteiger partial charge in [0.2, 0.25) is 0 Å². The molecule has 0 radical (unpaired) electrons. The summed E-state index contributed by atoms with van der Waals surface area (Å²) in [6, 6.07) is 13.8. The number of hydrogen-bond acceptors (Lipinski definition) is 2. The van der Waals surface area contributed by atoms with Crippen molar-refractivity contribution < 1.29 is 13.2 Å². The summed E-state index contributed by atoms with van der Waals surface area (Å²) >= 11 is 0. The van der Waals surface area contributed by atoms with E-state index in [9.17, 15) is 13.2 Å². The van der Waals surface area contributed by atoms with E-state index in [1.54, 1.807) is 12.1 Å². The van der Waals surface area contributed by atoms with Crippen LogP contribution in [0.15, 0.2) is 54.7 Å². The number of fused-ring (bicyclic) bond motifs is 1. The highest BCUT2D eigenvalue weighted by Crippen LogP contribution is 2.35. The van der Waals surface area contributed by atoms with Gasteiger partial charge in [0.15, 0.2) is 0 Å². The van der Waals surface area contributed by atoms with Crippen molar-refractivity contribution in [2.24, 2.45) is 5.73 Å². The van der Waals surface area contributed by atoms with Crippen LogP contribution in [-0.4, -0.2) is 35.6 Å². The molecule has 0 saturated carbocycles. The Hall–Kier alpha value is -1.73. The number of likely N-dealkylation sites (tertiary alicyclic amines) is 1. The normalized spacial score (nSPS) is 15.4. The zero-order valence-corrected chi connectivity index (χ0v) is 19.5. The number of para-hydroxylation sites is 1. The summed E-state index contributed by atoms with van der Waals surface area (Å²) in [7, 11) is 0. The Bertz CT molecular complexity index is 978. The van der Waals surface area contributed by atoms with Gasteiger partial charge < -0.3 is 15.2 Å². The smallest absolute Gasteiger partial charge is 0.343 e. The Morgan fingerprint density at radius 1 is 0.938 bits per heavy atom. The van der Waals surface area contributed by atoms with Crippen LogP contribution in [0.2, 0.25) is 0 Å². The van der Waals surface area contributed by atoms with Crippen LogP contribution < -0.4 is 5.73 Å². The fourth-order valence-corrected chi connectivity index (χ4v) is 4.51. The second-order valence-electron chi connectivity index (χ2n) is 8.18. The molecule has 1 aromatic heterocycles. The van der Waals surface area contributed by atoms with E-state index >= 15 is 0 Å². The molecule has 0 unspecified atom stereocenters. The lowest BCUT2D eigenvalue weighted by Gasteiger charge is -2.31. The maximum absolute atomic E-state index is 12.8. The molecule has 0 bridgehead atoms. The van der Waals surface area contributed by atoms with E-state index in [2.05, 4.69) is 33.9 Å². The summed E-state index contributed by atoms with van der Waals surface area (Å²) in [5.41, 5.74) is 8.39. The molecule has 176 valence electrons. The molecular formula is C24H30Cl2F3N3. The second-order valence-corrected chi connectivity index (χ2v) is 8.18. The minimum absolute atomic E-state index is 0. The first kappa shape index (κ1) is 26.5. The molecule has 3 aromatic rings. The topological polar surface area (TPSA) is 34.2 Å². The third-order valence-corrected chi connectivity index (χ3v) is 6.16. The highest BCUT2D eigenvalue weighted by Gasteiger charge is 2.30. The number of alkyl halides is 3. The van der Waals surface area contributed by atoms with E-state index < -0.39 is 11.7 Å². The number of halogens is 5. The van der Waals surface area contributed by atoms with Crippen molar-refractivity contribution in [3.63, 3.8) is 0 Å². The van der Waals surface area contributed by atoms with Crippen molar-refractivity contribution in [3.8, 4) is 0 Å². The van der Waals surface area contributed by atoms with Gasteiger partial charge in [-0.3, -0.25) is 0 Å². The second kappa shape index (κ2) is 11.4. The number of hydrogen-bond donors (Lipinski definition) is 1. The van der Waals surface area contributed by atoms with Crippen molar-refractivity contribution in [3.05, 3.63) is 71.4 Å². The molecule has 2 N–H and O–H groups in total. The Labute approximate surface area is 199 Å². The third kappa shape index (κ3) is 5.98. The SMILES string of the molecule is Cl.Cl.NCCCN1CCC(c2cn(Cc3ccc(C(F)(F)F)cc3)c3ccccc23)CC1. The lowest BCUT2D eigenvalue weighted by atomic mass is 9.89. The Morgan fingerprint density at radius 3 is 2.22 bits per heavy atom. The molecule has 2 aromatic carbocycles. The van der Waals surface area contributed by atoms with E-state index in [4.69, 9.17) is 5.73 Å². The van der Waals surface area contributed by atoms with Gasteiger partial charge in [-0.05, 0) is 80.7 Å². The predicted octanol–water partition coefficient (Wildman–Crippen LogP) is 6.08. The zero-order valence-electron chi connectivity index (χ0n) is 17.9. The van der Waals surface area contributed by atoms with E-state index in [0.717, 1.165) is 56.5 Å². The van der Waals surface area contributed by atoms with Crippen LogP contribution in [0.5, 0.6) is 0 Å². The molecule has 1 fully saturated rings. The quantitative estimate of drug-likeness (QED) is 0.457. The first-order chi connectivity index (χ1) is 14.5. The molecular weight excluding hydrogens is 458 g/mol. The number of rotatable bonds is 6. The average Bonchev–Trinajstić information content (AvgIpc) is 3.11. The van der Waals surface area contributed by atoms with Crippen LogP contribution in [0.25, 0.3) is 10.9 Å². The van der Waals surface area contributed by atoms with Gasteiger partial charge in [-0.1, -0.05) is 30.3 Å². The van der Waals surface area contributed by atoms with Crippen LogP contribution in [0.3, 0.4) is 0 Å². The highest BCUT2D eigenvalue weighted by molar-refractivity contribution is 5.86. The molecule has 1 aliphatic heterocycles. The fraction of sp³-hybridized carbons (Fsp3) is 0.417. The van der Waals surface area contributed by atoms with Crippen molar-refractivity contribution in [2.45, 2.75) is 37.9 Å². The lowest BCUT2D eigenvalue weighted by molar-refractivity contribution is -0.137. The summed E-state index contributed by atoms with van der Waals surface area (Å²) in [4.78, 5) is 2.49. The van der Waals surface area contributed by atoms with Crippen LogP contribution in [0.4, 0.5) is 13.2 Å². The fourth-order valence-electron chi connectivity index (χ4n) is 4.51. The summed E-state index contributed by atoms with van der Waals surface area (Å²) in [5.74, 6) is 0.512. The molecule has 3 nitrogen and oxygen atoms in total. The van der Waals surface area contributed by atoms with Gasteiger partial charge in [0, 0.05) is 23.6 Å². The number of nitrogens with zero attached hydrogens (tertiary/aromatic N) is 2. The molecule has 0 atom stereocenters. The number of nitrogens with two attached hydrogens (primary N) is 1. The van der Waals surface area contributed by atoms with Crippen molar-refractivity contribution in [1.29, 1.82) is 0 Å². The predicted molar refractivity (Wildman–Crippen MR) is 129 cm³/mol. The largest absolute Gasteiger partial charge is 0.416 e. The summed E-state index contributed by atoms with van der Waals surface area (Å²) in [6.45, 7) is 4.54. The molecule has 0 spiro atoms. The minimum Gasteiger partial charge on any atom is -0.343 e. The third-order valence-electron chi connectivity index (χ3n) is 6.16. The van der Waals surface area contributed by atoms with E-state index in [0.29, 0.717) is 12.5 Å². The molecule has 4 rings (SSSR count). The van der Waals surface area contributed by atoms with Gasteiger partial charge in [0.05, 0.1) is 5.56 Å². The minimum atomic E-state index is -4.30. The van der Waals surface area contributed by atoms with E-state index in [1.807, 2.05) is 6.07 Å². The first-order valence-corrected chi connectivity index (χ1v) is 10.6. The van der Waals surface area contributed by atoms with Crippen molar-refractivity contribution in [1.82, 2.24) is 9.47 Å². The lowest BCUT2D eigenvalue weighted by Crippen LogP contribution is -2.34. The number of benzene rings is 2. The van der Waals surface area contributed by atoms with Crippen LogP contribution >= 0.6 is 24.8 Å². The van der Waals surface area contributed by atoms with Crippen LogP contribution in [0, 0.1) is 0 Å². The molecule has 2 heterocycles.